The Kier molecular flexibility index (Phi) is 9.62. The summed E-state index contributed by atoms with van der Waals surface area (Å²) in [4.78, 5) is 30.7. The number of amides is 2. The lowest BCUT2D eigenvalue weighted by Crippen LogP contribution is -2.61. The van der Waals surface area contributed by atoms with Crippen LogP contribution in [-0.4, -0.2) is 66.0 Å². The van der Waals surface area contributed by atoms with E-state index in [0.717, 1.165) is 40.7 Å². The highest BCUT2D eigenvalue weighted by Crippen LogP contribution is 2.38. The maximum Gasteiger partial charge on any atom is 0.252 e. The van der Waals surface area contributed by atoms with Crippen LogP contribution in [-0.2, 0) is 16.1 Å². The summed E-state index contributed by atoms with van der Waals surface area (Å²) in [6.45, 7) is 5.60. The highest BCUT2D eigenvalue weighted by atomic mass is 35.5. The van der Waals surface area contributed by atoms with Crippen molar-refractivity contribution in [1.29, 1.82) is 0 Å². The predicted octanol–water partition coefficient (Wildman–Crippen LogP) is 6.95. The van der Waals surface area contributed by atoms with Crippen LogP contribution in [0.15, 0.2) is 66.2 Å². The van der Waals surface area contributed by atoms with Crippen LogP contribution in [0, 0.1) is 6.92 Å². The molecular formula is C35H36Cl3N3O4. The van der Waals surface area contributed by atoms with Crippen LogP contribution in [0.3, 0.4) is 0 Å². The van der Waals surface area contributed by atoms with Gasteiger partial charge in [-0.2, -0.15) is 0 Å². The van der Waals surface area contributed by atoms with Gasteiger partial charge in [0.1, 0.15) is 19.0 Å². The minimum atomic E-state index is -0.259. The molecule has 1 aliphatic carbocycles. The second kappa shape index (κ2) is 13.6. The van der Waals surface area contributed by atoms with Gasteiger partial charge in [0.05, 0.1) is 16.1 Å². The lowest BCUT2D eigenvalue weighted by atomic mass is 9.82. The smallest absolute Gasteiger partial charge is 0.252 e. The van der Waals surface area contributed by atoms with Gasteiger partial charge in [0, 0.05) is 49.2 Å². The number of aryl methyl sites for hydroxylation is 1. The number of carbonyl (C=O) groups excluding carboxylic acids is 2. The monoisotopic (exact) mass is 667 g/mol. The number of carbonyl (C=O) groups is 2. The minimum absolute atomic E-state index is 0.000302. The standard InChI is InChI=1S/C35H36Cl3N3O4/c1-21-15-30(37)34(31(38)16-21)45-14-13-44-27-11-7-23(8-12-27)28-17-25-19-40(22(2)42)20-32(39-25)33(28)35(43)41(26-9-10-26)18-24-5-3-4-6-29(24)36/h3-8,11-12,15-16,25-26,32,39H,9-10,13-14,17-20H2,1-2H3/t25-,32-/m1/s1. The van der Waals surface area contributed by atoms with E-state index in [2.05, 4.69) is 5.32 Å². The van der Waals surface area contributed by atoms with Crippen molar-refractivity contribution in [2.75, 3.05) is 26.3 Å². The third kappa shape index (κ3) is 7.28. The lowest BCUT2D eigenvalue weighted by molar-refractivity contribution is -0.132. The molecule has 0 radical (unpaired) electrons. The zero-order valence-corrected chi connectivity index (χ0v) is 27.6. The largest absolute Gasteiger partial charge is 0.490 e. The summed E-state index contributed by atoms with van der Waals surface area (Å²) in [6.07, 6.45) is 2.58. The Morgan fingerprint density at radius 3 is 2.29 bits per heavy atom. The van der Waals surface area contributed by atoms with E-state index >= 15 is 0 Å². The maximum absolute atomic E-state index is 14.5. The zero-order valence-electron chi connectivity index (χ0n) is 25.3. The number of fused-ring (bicyclic) bond motifs is 2. The van der Waals surface area contributed by atoms with E-state index in [1.807, 2.05) is 77.4 Å². The molecule has 0 aromatic heterocycles. The molecule has 1 N–H and O–H groups in total. The molecule has 0 unspecified atom stereocenters. The molecule has 2 bridgehead atoms. The Bertz CT molecular complexity index is 1600. The van der Waals surface area contributed by atoms with Gasteiger partial charge < -0.3 is 24.6 Å². The van der Waals surface area contributed by atoms with Crippen molar-refractivity contribution in [2.24, 2.45) is 0 Å². The molecular weight excluding hydrogens is 633 g/mol. The number of nitrogens with one attached hydrogen (secondary N) is 1. The Labute approximate surface area is 279 Å². The third-order valence-corrected chi connectivity index (χ3v) is 9.50. The van der Waals surface area contributed by atoms with E-state index in [9.17, 15) is 9.59 Å². The Morgan fingerprint density at radius 2 is 1.62 bits per heavy atom. The number of hydrogen-bond donors (Lipinski definition) is 1. The van der Waals surface area contributed by atoms with Crippen LogP contribution < -0.4 is 14.8 Å². The molecule has 1 saturated heterocycles. The van der Waals surface area contributed by atoms with Crippen molar-refractivity contribution in [3.8, 4) is 11.5 Å². The maximum atomic E-state index is 14.5. The molecule has 6 rings (SSSR count). The van der Waals surface area contributed by atoms with Crippen molar-refractivity contribution in [1.82, 2.24) is 15.1 Å². The van der Waals surface area contributed by atoms with Gasteiger partial charge in [-0.1, -0.05) is 65.1 Å². The lowest BCUT2D eigenvalue weighted by Gasteiger charge is -2.44. The van der Waals surface area contributed by atoms with Crippen molar-refractivity contribution in [3.63, 3.8) is 0 Å². The topological polar surface area (TPSA) is 71.1 Å². The highest BCUT2D eigenvalue weighted by Gasteiger charge is 2.43. The molecule has 0 spiro atoms. The molecule has 2 atom stereocenters. The van der Waals surface area contributed by atoms with E-state index < -0.39 is 0 Å². The number of nitrogens with zero attached hydrogens (tertiary/aromatic N) is 2. The van der Waals surface area contributed by atoms with Gasteiger partial charge in [0.15, 0.2) is 5.75 Å². The van der Waals surface area contributed by atoms with Gasteiger partial charge in [0.2, 0.25) is 5.91 Å². The average molecular weight is 669 g/mol. The van der Waals surface area contributed by atoms with Crippen molar-refractivity contribution in [3.05, 3.63) is 98.0 Å². The number of ether oxygens (including phenoxy) is 2. The molecule has 3 aromatic carbocycles. The molecule has 1 saturated carbocycles. The van der Waals surface area contributed by atoms with E-state index in [0.29, 0.717) is 59.2 Å². The van der Waals surface area contributed by atoms with E-state index in [-0.39, 0.29) is 36.5 Å². The van der Waals surface area contributed by atoms with E-state index in [1.54, 1.807) is 6.92 Å². The summed E-state index contributed by atoms with van der Waals surface area (Å²) in [6, 6.07) is 19.1. The molecule has 2 fully saturated rings. The van der Waals surface area contributed by atoms with Crippen molar-refractivity contribution >= 4 is 52.2 Å². The SMILES string of the molecule is CC(=O)N1C[C@H]2CC(c3ccc(OCCOc4c(Cl)cc(C)cc4Cl)cc3)=C(C(=O)N(Cc3ccccc3Cl)C3CC3)[C@@H](C1)N2. The van der Waals surface area contributed by atoms with Gasteiger partial charge in [-0.05, 0) is 78.8 Å². The molecule has 45 heavy (non-hydrogen) atoms. The van der Waals surface area contributed by atoms with Crippen LogP contribution in [0.4, 0.5) is 0 Å². The fourth-order valence-corrected chi connectivity index (χ4v) is 7.12. The molecule has 3 aliphatic rings. The summed E-state index contributed by atoms with van der Waals surface area (Å²) in [5.74, 6) is 1.16. The van der Waals surface area contributed by atoms with Gasteiger partial charge in [-0.25, -0.2) is 0 Å². The first-order chi connectivity index (χ1) is 21.7. The summed E-state index contributed by atoms with van der Waals surface area (Å²) >= 11 is 19.1. The average Bonchev–Trinajstić information content (AvgIpc) is 3.85. The molecule has 7 nitrogen and oxygen atoms in total. The Hall–Kier alpha value is -3.23. The van der Waals surface area contributed by atoms with Crippen LogP contribution in [0.25, 0.3) is 5.57 Å². The van der Waals surface area contributed by atoms with E-state index in [4.69, 9.17) is 44.3 Å². The number of halogens is 3. The van der Waals surface area contributed by atoms with Gasteiger partial charge in [-0.15, -0.1) is 0 Å². The molecule has 2 amide bonds. The van der Waals surface area contributed by atoms with E-state index in [1.165, 1.54) is 0 Å². The van der Waals surface area contributed by atoms with Crippen LogP contribution in [0.1, 0.15) is 42.9 Å². The summed E-state index contributed by atoms with van der Waals surface area (Å²) < 4.78 is 11.7. The zero-order chi connectivity index (χ0) is 31.7. The quantitative estimate of drug-likeness (QED) is 0.237. The number of piperazine rings is 1. The normalized spacial score (nSPS) is 19.4. The fraction of sp³-hybridized carbons (Fsp3) is 0.371. The second-order valence-corrected chi connectivity index (χ2v) is 13.2. The Balaban J connectivity index is 1.22. The summed E-state index contributed by atoms with van der Waals surface area (Å²) in [5, 5.41) is 5.23. The first kappa shape index (κ1) is 31.7. The van der Waals surface area contributed by atoms with Gasteiger partial charge >= 0.3 is 0 Å². The Morgan fingerprint density at radius 1 is 0.933 bits per heavy atom. The van der Waals surface area contributed by atoms with Crippen LogP contribution in [0.5, 0.6) is 11.5 Å². The van der Waals surface area contributed by atoms with Crippen molar-refractivity contribution in [2.45, 2.75) is 57.8 Å². The van der Waals surface area contributed by atoms with Crippen molar-refractivity contribution < 1.29 is 19.1 Å². The number of hydrogen-bond acceptors (Lipinski definition) is 5. The molecule has 236 valence electrons. The second-order valence-electron chi connectivity index (χ2n) is 12.0. The third-order valence-electron chi connectivity index (χ3n) is 8.57. The summed E-state index contributed by atoms with van der Waals surface area (Å²) in [5.41, 5.74) is 4.60. The molecule has 10 heteroatoms. The number of benzene rings is 3. The van der Waals surface area contributed by atoms with Crippen LogP contribution >= 0.6 is 34.8 Å². The molecule has 2 heterocycles. The van der Waals surface area contributed by atoms with Gasteiger partial charge in [-0.3, -0.25) is 9.59 Å². The van der Waals surface area contributed by atoms with Crippen LogP contribution in [0.2, 0.25) is 15.1 Å². The first-order valence-electron chi connectivity index (χ1n) is 15.3. The predicted molar refractivity (Wildman–Crippen MR) is 178 cm³/mol. The number of rotatable bonds is 10. The highest BCUT2D eigenvalue weighted by molar-refractivity contribution is 6.37. The molecule has 3 aromatic rings. The first-order valence-corrected chi connectivity index (χ1v) is 16.4. The fourth-order valence-electron chi connectivity index (χ4n) is 6.22. The summed E-state index contributed by atoms with van der Waals surface area (Å²) in [7, 11) is 0. The van der Waals surface area contributed by atoms with Gasteiger partial charge in [0.25, 0.3) is 5.91 Å². The minimum Gasteiger partial charge on any atom is -0.490 e. The molecule has 2 aliphatic heterocycles.